The molecule has 0 aliphatic heterocycles. The number of aliphatic hydroxyl groups excluding tert-OH is 2. The van der Waals surface area contributed by atoms with E-state index in [1.807, 2.05) is 27.7 Å². The molecule has 2 N–H and O–H groups in total. The van der Waals surface area contributed by atoms with Crippen LogP contribution in [0.5, 0.6) is 11.5 Å². The number of allylic oxidation sites excluding steroid dienone is 4. The van der Waals surface area contributed by atoms with E-state index in [1.165, 1.54) is 19.2 Å². The molecule has 1 aromatic heterocycles. The summed E-state index contributed by atoms with van der Waals surface area (Å²) in [5.74, 6) is -2.59. The number of aliphatic hydroxyl groups is 2. The van der Waals surface area contributed by atoms with Gasteiger partial charge in [0.05, 0.1) is 7.11 Å². The third kappa shape index (κ3) is 5.85. The first-order valence-electron chi connectivity index (χ1n) is 12.3. The summed E-state index contributed by atoms with van der Waals surface area (Å²) in [4.78, 5) is 39.5. The number of hydrogen-bond acceptors (Lipinski definition) is 9. The molecule has 4 rings (SSSR count). The van der Waals surface area contributed by atoms with Gasteiger partial charge in [-0.3, -0.25) is 9.59 Å². The van der Waals surface area contributed by atoms with E-state index in [0.717, 1.165) is 11.5 Å². The van der Waals surface area contributed by atoms with E-state index < -0.39 is 22.7 Å². The van der Waals surface area contributed by atoms with Crippen molar-refractivity contribution in [2.45, 2.75) is 59.3 Å². The monoisotopic (exact) mass is 593 g/mol. The fraction of sp³-hybridized carbons (Fsp3) is 0.429. The largest absolute Gasteiger partial charge is 0.512 e. The Balaban J connectivity index is 1.83. The molecule has 208 valence electrons. The number of carbonyl (C=O) groups excluding carboxylic acids is 3. The lowest BCUT2D eigenvalue weighted by atomic mass is 9.67. The summed E-state index contributed by atoms with van der Waals surface area (Å²) in [7, 11) is 1.37. The summed E-state index contributed by atoms with van der Waals surface area (Å²) in [5.41, 5.74) is -0.517. The summed E-state index contributed by atoms with van der Waals surface area (Å²) in [5, 5.41) is 22.1. The van der Waals surface area contributed by atoms with Crippen molar-refractivity contribution in [2.24, 2.45) is 10.8 Å². The first-order valence-corrected chi connectivity index (χ1v) is 13.8. The van der Waals surface area contributed by atoms with Gasteiger partial charge in [-0.2, -0.15) is 4.37 Å². The number of carbonyl (C=O) groups is 3. The highest BCUT2D eigenvalue weighted by Gasteiger charge is 2.44. The van der Waals surface area contributed by atoms with Crippen molar-refractivity contribution in [1.29, 1.82) is 0 Å². The van der Waals surface area contributed by atoms with Crippen LogP contribution in [0, 0.1) is 10.8 Å². The molecular formula is C28H29Cl2NO7S. The van der Waals surface area contributed by atoms with E-state index in [0.29, 0.717) is 5.56 Å². The van der Waals surface area contributed by atoms with E-state index in [9.17, 15) is 24.6 Å². The Labute approximate surface area is 240 Å². The van der Waals surface area contributed by atoms with E-state index in [4.69, 9.17) is 32.7 Å². The minimum atomic E-state index is -1.04. The van der Waals surface area contributed by atoms with Crippen molar-refractivity contribution in [3.63, 3.8) is 0 Å². The van der Waals surface area contributed by atoms with E-state index >= 15 is 0 Å². The van der Waals surface area contributed by atoms with Crippen LogP contribution in [0.1, 0.15) is 75.3 Å². The highest BCUT2D eigenvalue weighted by atomic mass is 35.5. The molecule has 2 aliphatic rings. The molecule has 0 saturated heterocycles. The van der Waals surface area contributed by atoms with Gasteiger partial charge in [-0.1, -0.05) is 57.0 Å². The normalized spacial score (nSPS) is 19.1. The molecule has 0 unspecified atom stereocenters. The molecule has 0 amide bonds. The van der Waals surface area contributed by atoms with Crippen LogP contribution in [0.2, 0.25) is 9.36 Å². The van der Waals surface area contributed by atoms with Crippen LogP contribution >= 0.6 is 34.7 Å². The predicted molar refractivity (Wildman–Crippen MR) is 148 cm³/mol. The SMILES string of the molecule is COc1cc(C(C2=C(O)CC(C)(C)CC2=O)C2=C(O)CC(C)(C)CC2=O)ccc1OC(=O)c1nsc(Cl)c1Cl. The number of ketones is 2. The molecule has 0 bridgehead atoms. The Kier molecular flexibility index (Phi) is 7.91. The van der Waals surface area contributed by atoms with Crippen LogP contribution < -0.4 is 9.47 Å². The van der Waals surface area contributed by atoms with Gasteiger partial charge in [0, 0.05) is 42.7 Å². The van der Waals surface area contributed by atoms with Gasteiger partial charge in [-0.25, -0.2) is 4.79 Å². The zero-order valence-corrected chi connectivity index (χ0v) is 24.5. The third-order valence-electron chi connectivity index (χ3n) is 6.88. The number of halogens is 2. The van der Waals surface area contributed by atoms with Crippen LogP contribution in [0.25, 0.3) is 0 Å². The number of ether oxygens (including phenoxy) is 2. The molecule has 0 atom stereocenters. The van der Waals surface area contributed by atoms with Crippen molar-refractivity contribution >= 4 is 52.3 Å². The number of esters is 1. The molecular weight excluding hydrogens is 565 g/mol. The number of hydrogen-bond donors (Lipinski definition) is 2. The summed E-state index contributed by atoms with van der Waals surface area (Å²) >= 11 is 12.8. The first-order chi connectivity index (χ1) is 18.1. The Morgan fingerprint density at radius 2 is 1.49 bits per heavy atom. The van der Waals surface area contributed by atoms with Gasteiger partial charge in [-0.05, 0) is 40.1 Å². The van der Waals surface area contributed by atoms with Crippen LogP contribution in [0.3, 0.4) is 0 Å². The number of rotatable bonds is 6. The highest BCUT2D eigenvalue weighted by Crippen LogP contribution is 2.49. The number of methoxy groups -OCH3 is 1. The summed E-state index contributed by atoms with van der Waals surface area (Å²) in [6.45, 7) is 7.52. The van der Waals surface area contributed by atoms with Crippen LogP contribution in [0.4, 0.5) is 0 Å². The van der Waals surface area contributed by atoms with E-state index in [2.05, 4.69) is 4.37 Å². The first kappa shape index (κ1) is 29.1. The van der Waals surface area contributed by atoms with Gasteiger partial charge < -0.3 is 19.7 Å². The van der Waals surface area contributed by atoms with E-state index in [1.54, 1.807) is 6.07 Å². The average Bonchev–Trinajstić information content (AvgIpc) is 3.14. The zero-order valence-electron chi connectivity index (χ0n) is 22.2. The van der Waals surface area contributed by atoms with Crippen LogP contribution in [-0.2, 0) is 9.59 Å². The Bertz CT molecular complexity index is 1390. The molecule has 2 aliphatic carbocycles. The van der Waals surface area contributed by atoms with Gasteiger partial charge in [0.1, 0.15) is 20.9 Å². The average molecular weight is 595 g/mol. The quantitative estimate of drug-likeness (QED) is 0.267. The van der Waals surface area contributed by atoms with Crippen molar-refractivity contribution in [2.75, 3.05) is 7.11 Å². The second-order valence-corrected chi connectivity index (χ2v) is 13.2. The van der Waals surface area contributed by atoms with Crippen molar-refractivity contribution in [1.82, 2.24) is 4.37 Å². The minimum absolute atomic E-state index is 0.0235. The molecule has 11 heteroatoms. The molecule has 2 aromatic rings. The lowest BCUT2D eigenvalue weighted by Gasteiger charge is -2.36. The van der Waals surface area contributed by atoms with Gasteiger partial charge in [0.2, 0.25) is 0 Å². The summed E-state index contributed by atoms with van der Waals surface area (Å²) in [6, 6.07) is 4.53. The van der Waals surface area contributed by atoms with Gasteiger partial charge >= 0.3 is 5.97 Å². The maximum atomic E-state index is 13.4. The molecule has 0 spiro atoms. The third-order valence-corrected chi connectivity index (χ3v) is 8.50. The fourth-order valence-corrected chi connectivity index (χ4v) is 6.20. The van der Waals surface area contributed by atoms with Gasteiger partial charge in [-0.15, -0.1) is 0 Å². The minimum Gasteiger partial charge on any atom is -0.512 e. The molecule has 8 nitrogen and oxygen atoms in total. The van der Waals surface area contributed by atoms with Crippen molar-refractivity contribution in [3.8, 4) is 11.5 Å². The summed E-state index contributed by atoms with van der Waals surface area (Å²) in [6.07, 6.45) is 0.811. The number of Topliss-reactive ketones (excluding diaryl/α,β-unsaturated/α-hetero) is 2. The van der Waals surface area contributed by atoms with Gasteiger partial charge in [0.15, 0.2) is 28.8 Å². The second kappa shape index (κ2) is 10.6. The van der Waals surface area contributed by atoms with E-state index in [-0.39, 0.29) is 86.5 Å². The van der Waals surface area contributed by atoms with Gasteiger partial charge in [0.25, 0.3) is 0 Å². The van der Waals surface area contributed by atoms with Crippen molar-refractivity contribution < 1.29 is 34.1 Å². The molecule has 0 fully saturated rings. The highest BCUT2D eigenvalue weighted by molar-refractivity contribution is 7.11. The van der Waals surface area contributed by atoms with Crippen LogP contribution in [-0.4, -0.2) is 39.2 Å². The van der Waals surface area contributed by atoms with Crippen LogP contribution in [0.15, 0.2) is 40.9 Å². The Morgan fingerprint density at radius 1 is 0.949 bits per heavy atom. The maximum Gasteiger partial charge on any atom is 0.365 e. The fourth-order valence-electron chi connectivity index (χ4n) is 5.22. The topological polar surface area (TPSA) is 123 Å². The molecule has 1 aromatic carbocycles. The molecule has 39 heavy (non-hydrogen) atoms. The number of nitrogens with zero attached hydrogens (tertiary/aromatic N) is 1. The molecule has 1 heterocycles. The molecule has 0 radical (unpaired) electrons. The maximum absolute atomic E-state index is 13.4. The zero-order chi connectivity index (χ0) is 28.9. The number of aromatic nitrogens is 1. The Hall–Kier alpha value is -2.88. The predicted octanol–water partition coefficient (Wildman–Crippen LogP) is 7.16. The lowest BCUT2D eigenvalue weighted by Crippen LogP contribution is -2.33. The lowest BCUT2D eigenvalue weighted by molar-refractivity contribution is -0.119. The van der Waals surface area contributed by atoms with Crippen molar-refractivity contribution in [3.05, 3.63) is 61.5 Å². The smallest absolute Gasteiger partial charge is 0.365 e. The summed E-state index contributed by atoms with van der Waals surface area (Å²) < 4.78 is 15.0. The molecule has 0 saturated carbocycles. The standard InChI is InChI=1S/C28H29Cl2NO7S/c1-27(2)9-14(32)21(15(33)10-27)20(22-16(34)11-28(3,4)12-17(22)35)13-6-7-18(19(8-13)37-5)38-26(36)24-23(29)25(30)39-31-24/h6-8,20,32,34H,9-12H2,1-5H3. The second-order valence-electron chi connectivity index (χ2n) is 11.5. The number of benzene rings is 1. The Morgan fingerprint density at radius 3 is 1.92 bits per heavy atom.